The largest absolute Gasteiger partial charge is 0.481 e. The number of hydrogen-bond donors (Lipinski definition) is 3. The van der Waals surface area contributed by atoms with E-state index in [0.717, 1.165) is 0 Å². The highest BCUT2D eigenvalue weighted by molar-refractivity contribution is 5.67. The lowest BCUT2D eigenvalue weighted by Crippen LogP contribution is -2.51. The van der Waals surface area contributed by atoms with Gasteiger partial charge in [0.1, 0.15) is 0 Å². The van der Waals surface area contributed by atoms with Crippen LogP contribution in [0.1, 0.15) is 34.1 Å². The fourth-order valence-corrected chi connectivity index (χ4v) is 1.53. The lowest BCUT2D eigenvalue weighted by molar-refractivity contribution is -0.137. The fourth-order valence-electron chi connectivity index (χ4n) is 1.53. The van der Waals surface area contributed by atoms with Gasteiger partial charge in [-0.1, -0.05) is 0 Å². The molecule has 6 heteroatoms. The highest BCUT2D eigenvalue weighted by Gasteiger charge is 2.33. The molecule has 0 aromatic heterocycles. The maximum Gasteiger partial charge on any atom is 0.306 e. The van der Waals surface area contributed by atoms with Gasteiger partial charge in [-0.2, -0.15) is 10.2 Å². The molecule has 1 aliphatic heterocycles. The second-order valence-electron chi connectivity index (χ2n) is 4.29. The Kier molecular flexibility index (Phi) is 4.04. The molecule has 0 aromatic rings. The van der Waals surface area contributed by atoms with Crippen LogP contribution in [0.15, 0.2) is 0 Å². The lowest BCUT2D eigenvalue weighted by atomic mass is 10.3. The first-order valence-corrected chi connectivity index (χ1v) is 5.24. The first-order valence-electron chi connectivity index (χ1n) is 5.24. The molecule has 0 aliphatic carbocycles. The minimum Gasteiger partial charge on any atom is -0.481 e. The van der Waals surface area contributed by atoms with Gasteiger partial charge in [0.05, 0.1) is 12.6 Å². The third-order valence-corrected chi connectivity index (χ3v) is 2.17. The van der Waals surface area contributed by atoms with E-state index in [1.54, 1.807) is 0 Å². The van der Waals surface area contributed by atoms with Crippen LogP contribution in [0.3, 0.4) is 0 Å². The molecule has 3 N–H and O–H groups in total. The summed E-state index contributed by atoms with van der Waals surface area (Å²) in [6.07, 6.45) is -0.167. The summed E-state index contributed by atoms with van der Waals surface area (Å²) in [6, 6.07) is 0.553. The van der Waals surface area contributed by atoms with E-state index >= 15 is 0 Å². The number of hydrazine groups is 3. The van der Waals surface area contributed by atoms with Gasteiger partial charge in [-0.25, -0.2) is 10.9 Å². The zero-order valence-corrected chi connectivity index (χ0v) is 9.69. The van der Waals surface area contributed by atoms with E-state index in [0.29, 0.717) is 0 Å². The highest BCUT2D eigenvalue weighted by atomic mass is 16.4. The molecule has 1 heterocycles. The van der Waals surface area contributed by atoms with Crippen molar-refractivity contribution in [1.29, 1.82) is 0 Å². The molecule has 0 amide bonds. The molecular weight excluding hydrogens is 196 g/mol. The van der Waals surface area contributed by atoms with E-state index in [4.69, 9.17) is 5.11 Å². The Morgan fingerprint density at radius 2 is 1.60 bits per heavy atom. The van der Waals surface area contributed by atoms with Gasteiger partial charge in [-0.05, 0) is 27.7 Å². The van der Waals surface area contributed by atoms with Crippen molar-refractivity contribution in [3.63, 3.8) is 0 Å². The summed E-state index contributed by atoms with van der Waals surface area (Å²) in [4.78, 5) is 10.6. The normalized spacial score (nSPS) is 20.7. The average molecular weight is 216 g/mol. The zero-order chi connectivity index (χ0) is 11.6. The van der Waals surface area contributed by atoms with Crippen LogP contribution in [0.4, 0.5) is 0 Å². The second kappa shape index (κ2) is 4.89. The predicted molar refractivity (Wildman–Crippen MR) is 56.3 cm³/mol. The minimum absolute atomic E-state index is 0.0619. The number of carbonyl (C=O) groups is 1. The van der Waals surface area contributed by atoms with E-state index in [1.807, 2.05) is 37.9 Å². The van der Waals surface area contributed by atoms with Crippen molar-refractivity contribution in [3.05, 3.63) is 0 Å². The second-order valence-corrected chi connectivity index (χ2v) is 4.29. The lowest BCUT2D eigenvalue weighted by Gasteiger charge is -2.32. The maximum absolute atomic E-state index is 10.6. The molecule has 0 aromatic carbocycles. The Bertz CT molecular complexity index is 216. The number of hydrogen-bond acceptors (Lipinski definition) is 5. The fraction of sp³-hybridized carbons (Fsp3) is 0.889. The predicted octanol–water partition coefficient (Wildman–Crippen LogP) is 0.146. The van der Waals surface area contributed by atoms with Crippen molar-refractivity contribution in [3.8, 4) is 0 Å². The molecule has 1 aliphatic rings. The Balaban J connectivity index is 2.61. The third-order valence-electron chi connectivity index (χ3n) is 2.17. The number of nitrogens with zero attached hydrogens (tertiary/aromatic N) is 2. The SMILES string of the molecule is CC(C)N1NC(CC(=O)O)NN1C(C)C. The molecule has 0 spiro atoms. The highest BCUT2D eigenvalue weighted by Crippen LogP contribution is 2.11. The monoisotopic (exact) mass is 216 g/mol. The molecule has 1 saturated heterocycles. The molecule has 0 bridgehead atoms. The van der Waals surface area contributed by atoms with Gasteiger partial charge < -0.3 is 5.11 Å². The summed E-state index contributed by atoms with van der Waals surface area (Å²) in [5.41, 5.74) is 6.24. The van der Waals surface area contributed by atoms with Crippen LogP contribution in [0, 0.1) is 0 Å². The average Bonchev–Trinajstić information content (AvgIpc) is 2.46. The minimum atomic E-state index is -0.811. The smallest absolute Gasteiger partial charge is 0.306 e. The van der Waals surface area contributed by atoms with Gasteiger partial charge in [-0.3, -0.25) is 4.79 Å². The van der Waals surface area contributed by atoms with Crippen molar-refractivity contribution in [2.24, 2.45) is 0 Å². The van der Waals surface area contributed by atoms with Crippen LogP contribution in [0.2, 0.25) is 0 Å². The molecule has 0 unspecified atom stereocenters. The van der Waals surface area contributed by atoms with Crippen LogP contribution in [-0.4, -0.2) is 39.6 Å². The summed E-state index contributed by atoms with van der Waals surface area (Å²) >= 11 is 0. The van der Waals surface area contributed by atoms with Crippen LogP contribution < -0.4 is 10.9 Å². The van der Waals surface area contributed by atoms with Gasteiger partial charge in [0.2, 0.25) is 0 Å². The standard InChI is InChI=1S/C9H20N4O2/c1-6(2)12-10-8(5-9(14)15)11-13(12)7(3)4/h6-8,10-11H,5H2,1-4H3,(H,14,15). The van der Waals surface area contributed by atoms with E-state index in [9.17, 15) is 4.79 Å². The molecule has 15 heavy (non-hydrogen) atoms. The van der Waals surface area contributed by atoms with Crippen molar-refractivity contribution in [1.82, 2.24) is 21.1 Å². The van der Waals surface area contributed by atoms with E-state index in [2.05, 4.69) is 10.9 Å². The Morgan fingerprint density at radius 1 is 1.20 bits per heavy atom. The van der Waals surface area contributed by atoms with Crippen LogP contribution in [0.25, 0.3) is 0 Å². The molecule has 88 valence electrons. The number of nitrogens with one attached hydrogen (secondary N) is 2. The van der Waals surface area contributed by atoms with E-state index in [-0.39, 0.29) is 24.7 Å². The van der Waals surface area contributed by atoms with Crippen LogP contribution in [-0.2, 0) is 4.79 Å². The quantitative estimate of drug-likeness (QED) is 0.621. The van der Waals surface area contributed by atoms with Crippen LogP contribution in [0.5, 0.6) is 0 Å². The Hall–Kier alpha value is -0.690. The molecule has 0 radical (unpaired) electrons. The summed E-state index contributed by atoms with van der Waals surface area (Å²) < 4.78 is 0. The molecular formula is C9H20N4O2. The molecule has 0 atom stereocenters. The zero-order valence-electron chi connectivity index (χ0n) is 9.69. The van der Waals surface area contributed by atoms with Gasteiger partial charge in [0, 0.05) is 12.1 Å². The van der Waals surface area contributed by atoms with Gasteiger partial charge in [0.15, 0.2) is 0 Å². The maximum atomic E-state index is 10.6. The Labute approximate surface area is 90.1 Å². The van der Waals surface area contributed by atoms with Crippen molar-refractivity contribution in [2.75, 3.05) is 0 Å². The summed E-state index contributed by atoms with van der Waals surface area (Å²) in [6.45, 7) is 8.20. The summed E-state index contributed by atoms with van der Waals surface area (Å²) in [5, 5.41) is 12.6. The van der Waals surface area contributed by atoms with Crippen molar-refractivity contribution >= 4 is 5.97 Å². The third kappa shape index (κ3) is 3.13. The van der Waals surface area contributed by atoms with Gasteiger partial charge in [-0.15, -0.1) is 0 Å². The molecule has 1 fully saturated rings. The summed E-state index contributed by atoms with van der Waals surface area (Å²) in [7, 11) is 0. The topological polar surface area (TPSA) is 67.8 Å². The van der Waals surface area contributed by atoms with Crippen molar-refractivity contribution in [2.45, 2.75) is 52.4 Å². The number of aliphatic carboxylic acids is 1. The van der Waals surface area contributed by atoms with Gasteiger partial charge in [0.25, 0.3) is 0 Å². The molecule has 6 nitrogen and oxygen atoms in total. The number of carboxylic acid groups (broad SMARTS) is 1. The molecule has 0 saturated carbocycles. The van der Waals surface area contributed by atoms with Crippen molar-refractivity contribution < 1.29 is 9.90 Å². The van der Waals surface area contributed by atoms with E-state index in [1.165, 1.54) is 0 Å². The van der Waals surface area contributed by atoms with Gasteiger partial charge >= 0.3 is 5.97 Å². The number of carboxylic acids is 1. The van der Waals surface area contributed by atoms with E-state index < -0.39 is 5.97 Å². The first-order chi connectivity index (χ1) is 6.91. The first kappa shape index (κ1) is 12.4. The van der Waals surface area contributed by atoms with Crippen LogP contribution >= 0.6 is 0 Å². The summed E-state index contributed by atoms with van der Waals surface area (Å²) in [5.74, 6) is -0.811. The Morgan fingerprint density at radius 3 is 1.87 bits per heavy atom. The molecule has 1 rings (SSSR count). The number of rotatable bonds is 4.